The molecule has 0 radical (unpaired) electrons. The van der Waals surface area contributed by atoms with Crippen molar-refractivity contribution in [2.75, 3.05) is 0 Å². The molecule has 2 heteroatoms. The van der Waals surface area contributed by atoms with Crippen LogP contribution in [0, 0.1) is 13.8 Å². The molecule has 0 saturated carbocycles. The average Bonchev–Trinajstić information content (AvgIpc) is 2.28. The van der Waals surface area contributed by atoms with E-state index in [-0.39, 0.29) is 0 Å². The first kappa shape index (κ1) is 11.8. The Labute approximate surface area is 103 Å². The van der Waals surface area contributed by atoms with Crippen molar-refractivity contribution in [3.8, 4) is 11.3 Å². The van der Waals surface area contributed by atoms with Crippen LogP contribution in [0.4, 0.5) is 0 Å². The highest BCUT2D eigenvalue weighted by Gasteiger charge is 2.05. The Hall–Kier alpha value is -1.70. The monoisotopic (exact) mass is 226 g/mol. The van der Waals surface area contributed by atoms with E-state index in [0.717, 1.165) is 11.4 Å². The van der Waals surface area contributed by atoms with E-state index >= 15 is 0 Å². The lowest BCUT2D eigenvalue weighted by Crippen LogP contribution is -1.95. The molecule has 17 heavy (non-hydrogen) atoms. The minimum atomic E-state index is 0.433. The van der Waals surface area contributed by atoms with E-state index in [2.05, 4.69) is 61.9 Å². The van der Waals surface area contributed by atoms with Crippen molar-refractivity contribution in [3.63, 3.8) is 0 Å². The minimum Gasteiger partial charge on any atom is -0.241 e. The van der Waals surface area contributed by atoms with E-state index in [1.54, 1.807) is 6.33 Å². The van der Waals surface area contributed by atoms with Crippen LogP contribution in [-0.2, 0) is 0 Å². The summed E-state index contributed by atoms with van der Waals surface area (Å²) < 4.78 is 0. The number of aryl methyl sites for hydroxylation is 2. The van der Waals surface area contributed by atoms with Crippen molar-refractivity contribution < 1.29 is 0 Å². The molecule has 0 aliphatic carbocycles. The molecule has 2 aromatic rings. The molecule has 0 saturated heterocycles. The van der Waals surface area contributed by atoms with Gasteiger partial charge in [-0.1, -0.05) is 31.0 Å². The Bertz CT molecular complexity index is 510. The van der Waals surface area contributed by atoms with Gasteiger partial charge < -0.3 is 0 Å². The summed E-state index contributed by atoms with van der Waals surface area (Å²) in [4.78, 5) is 8.66. The maximum Gasteiger partial charge on any atom is 0.116 e. The first-order valence-electron chi connectivity index (χ1n) is 5.97. The van der Waals surface area contributed by atoms with Gasteiger partial charge in [-0.25, -0.2) is 9.97 Å². The van der Waals surface area contributed by atoms with Gasteiger partial charge in [0.15, 0.2) is 0 Å². The average molecular weight is 226 g/mol. The summed E-state index contributed by atoms with van der Waals surface area (Å²) in [5.74, 6) is 0.433. The summed E-state index contributed by atoms with van der Waals surface area (Å²) >= 11 is 0. The number of aromatic nitrogens is 2. The molecular weight excluding hydrogens is 208 g/mol. The van der Waals surface area contributed by atoms with Gasteiger partial charge in [0.2, 0.25) is 0 Å². The molecule has 1 aromatic carbocycles. The van der Waals surface area contributed by atoms with Crippen LogP contribution >= 0.6 is 0 Å². The summed E-state index contributed by atoms with van der Waals surface area (Å²) in [5, 5.41) is 0. The van der Waals surface area contributed by atoms with Crippen molar-refractivity contribution in [3.05, 3.63) is 47.4 Å². The van der Waals surface area contributed by atoms with Crippen LogP contribution in [0.2, 0.25) is 0 Å². The van der Waals surface area contributed by atoms with Crippen LogP contribution in [0.15, 0.2) is 30.6 Å². The predicted molar refractivity (Wildman–Crippen MR) is 71.0 cm³/mol. The molecule has 0 unspecified atom stereocenters. The van der Waals surface area contributed by atoms with Crippen LogP contribution in [0.3, 0.4) is 0 Å². The fraction of sp³-hybridized carbons (Fsp3) is 0.333. The SMILES string of the molecule is Cc1cc(C)cc(-c2cc(C(C)C)ncn2)c1. The molecule has 1 aromatic heterocycles. The van der Waals surface area contributed by atoms with E-state index < -0.39 is 0 Å². The van der Waals surface area contributed by atoms with Crippen LogP contribution in [0.5, 0.6) is 0 Å². The first-order valence-corrected chi connectivity index (χ1v) is 5.97. The highest BCUT2D eigenvalue weighted by Crippen LogP contribution is 2.22. The topological polar surface area (TPSA) is 25.8 Å². The summed E-state index contributed by atoms with van der Waals surface area (Å²) in [5.41, 5.74) is 5.81. The van der Waals surface area contributed by atoms with Crippen molar-refractivity contribution >= 4 is 0 Å². The van der Waals surface area contributed by atoms with Gasteiger partial charge >= 0.3 is 0 Å². The molecule has 88 valence electrons. The Morgan fingerprint density at radius 1 is 0.882 bits per heavy atom. The molecule has 0 fully saturated rings. The first-order chi connectivity index (χ1) is 8.06. The zero-order valence-corrected chi connectivity index (χ0v) is 10.9. The zero-order valence-electron chi connectivity index (χ0n) is 10.9. The maximum absolute atomic E-state index is 4.36. The Balaban J connectivity index is 2.49. The molecule has 0 aliphatic heterocycles. The minimum absolute atomic E-state index is 0.433. The van der Waals surface area contributed by atoms with Gasteiger partial charge in [-0.15, -0.1) is 0 Å². The Kier molecular flexibility index (Phi) is 3.23. The van der Waals surface area contributed by atoms with Gasteiger partial charge in [-0.3, -0.25) is 0 Å². The summed E-state index contributed by atoms with van der Waals surface area (Å²) in [6.07, 6.45) is 1.66. The molecule has 0 aliphatic rings. The van der Waals surface area contributed by atoms with Gasteiger partial charge in [0.25, 0.3) is 0 Å². The van der Waals surface area contributed by atoms with E-state index in [0.29, 0.717) is 5.92 Å². The molecule has 0 N–H and O–H groups in total. The van der Waals surface area contributed by atoms with Crippen LogP contribution in [0.1, 0.15) is 36.6 Å². The third-order valence-corrected chi connectivity index (χ3v) is 2.80. The number of hydrogen-bond donors (Lipinski definition) is 0. The van der Waals surface area contributed by atoms with Crippen molar-refractivity contribution in [2.24, 2.45) is 0 Å². The molecule has 2 nitrogen and oxygen atoms in total. The largest absolute Gasteiger partial charge is 0.241 e. The van der Waals surface area contributed by atoms with Gasteiger partial charge in [0.05, 0.1) is 5.69 Å². The highest BCUT2D eigenvalue weighted by atomic mass is 14.8. The van der Waals surface area contributed by atoms with Gasteiger partial charge in [0.1, 0.15) is 6.33 Å². The lowest BCUT2D eigenvalue weighted by atomic mass is 10.0. The van der Waals surface area contributed by atoms with E-state index in [1.807, 2.05) is 0 Å². The number of nitrogens with zero attached hydrogens (tertiary/aromatic N) is 2. The fourth-order valence-corrected chi connectivity index (χ4v) is 1.97. The normalized spacial score (nSPS) is 10.9. The Morgan fingerprint density at radius 2 is 1.53 bits per heavy atom. The molecule has 0 spiro atoms. The van der Waals surface area contributed by atoms with E-state index in [4.69, 9.17) is 0 Å². The summed E-state index contributed by atoms with van der Waals surface area (Å²) in [7, 11) is 0. The number of hydrogen-bond acceptors (Lipinski definition) is 2. The Morgan fingerprint density at radius 3 is 2.12 bits per heavy atom. The molecule has 1 heterocycles. The van der Waals surface area contributed by atoms with Crippen LogP contribution < -0.4 is 0 Å². The van der Waals surface area contributed by atoms with Crippen LogP contribution in [-0.4, -0.2) is 9.97 Å². The highest BCUT2D eigenvalue weighted by molar-refractivity contribution is 5.61. The quantitative estimate of drug-likeness (QED) is 0.776. The number of benzene rings is 1. The molecular formula is C15H18N2. The molecule has 2 rings (SSSR count). The second kappa shape index (κ2) is 4.66. The second-order valence-corrected chi connectivity index (χ2v) is 4.86. The van der Waals surface area contributed by atoms with Gasteiger partial charge in [-0.2, -0.15) is 0 Å². The standard InChI is InChI=1S/C15H18N2/c1-10(2)14-8-15(17-9-16-14)13-6-11(3)5-12(4)7-13/h5-10H,1-4H3. The lowest BCUT2D eigenvalue weighted by molar-refractivity contribution is 0.815. The van der Waals surface area contributed by atoms with E-state index in [9.17, 15) is 0 Å². The summed E-state index contributed by atoms with van der Waals surface area (Å²) in [6, 6.07) is 8.59. The zero-order chi connectivity index (χ0) is 12.4. The molecule has 0 atom stereocenters. The van der Waals surface area contributed by atoms with Crippen molar-refractivity contribution in [2.45, 2.75) is 33.6 Å². The van der Waals surface area contributed by atoms with Crippen LogP contribution in [0.25, 0.3) is 11.3 Å². The molecule has 0 bridgehead atoms. The van der Waals surface area contributed by atoms with Crippen molar-refractivity contribution in [1.82, 2.24) is 9.97 Å². The maximum atomic E-state index is 4.36. The third-order valence-electron chi connectivity index (χ3n) is 2.80. The van der Waals surface area contributed by atoms with Gasteiger partial charge in [0, 0.05) is 11.3 Å². The fourth-order valence-electron chi connectivity index (χ4n) is 1.97. The van der Waals surface area contributed by atoms with E-state index in [1.165, 1.54) is 16.7 Å². The van der Waals surface area contributed by atoms with Gasteiger partial charge in [-0.05, 0) is 38.0 Å². The predicted octanol–water partition coefficient (Wildman–Crippen LogP) is 3.88. The number of rotatable bonds is 2. The van der Waals surface area contributed by atoms with Crippen molar-refractivity contribution in [1.29, 1.82) is 0 Å². The lowest BCUT2D eigenvalue weighted by Gasteiger charge is -2.08. The summed E-state index contributed by atoms with van der Waals surface area (Å²) in [6.45, 7) is 8.52. The second-order valence-electron chi connectivity index (χ2n) is 4.86. The third kappa shape index (κ3) is 2.70. The smallest absolute Gasteiger partial charge is 0.116 e. The molecule has 0 amide bonds.